The summed E-state index contributed by atoms with van der Waals surface area (Å²) in [6.45, 7) is 4.59. The van der Waals surface area contributed by atoms with Crippen molar-refractivity contribution >= 4 is 16.9 Å². The third kappa shape index (κ3) is 2.14. The van der Waals surface area contributed by atoms with Gasteiger partial charge in [0.1, 0.15) is 5.58 Å². The van der Waals surface area contributed by atoms with Crippen LogP contribution in [-0.2, 0) is 0 Å². The summed E-state index contributed by atoms with van der Waals surface area (Å²) in [6, 6.07) is 8.22. The Kier molecular flexibility index (Phi) is 3.00. The highest BCUT2D eigenvalue weighted by atomic mass is 16.3. The minimum absolute atomic E-state index is 0.0312. The maximum Gasteiger partial charge on any atom is 0.251 e. The first kappa shape index (κ1) is 12.9. The molecule has 2 aromatic rings. The fourth-order valence-electron chi connectivity index (χ4n) is 3.89. The van der Waals surface area contributed by atoms with Gasteiger partial charge in [0, 0.05) is 23.0 Å². The summed E-state index contributed by atoms with van der Waals surface area (Å²) >= 11 is 0. The predicted octanol–water partition coefficient (Wildman–Crippen LogP) is 2.65. The molecular weight excluding hydrogens is 265 g/mol. The van der Waals surface area contributed by atoms with Crippen molar-refractivity contribution in [2.45, 2.75) is 31.8 Å². The first-order chi connectivity index (χ1) is 10.2. The van der Waals surface area contributed by atoms with Crippen LogP contribution in [0.25, 0.3) is 11.0 Å². The van der Waals surface area contributed by atoms with Gasteiger partial charge in [-0.1, -0.05) is 0 Å². The normalized spacial score (nSPS) is 31.5. The highest BCUT2D eigenvalue weighted by Gasteiger charge is 2.40. The number of piperidine rings is 3. The number of hydrogen-bond donors (Lipinski definition) is 1. The van der Waals surface area contributed by atoms with Gasteiger partial charge in [-0.05, 0) is 63.0 Å². The summed E-state index contributed by atoms with van der Waals surface area (Å²) in [5.41, 5.74) is 1.54. The van der Waals surface area contributed by atoms with Gasteiger partial charge < -0.3 is 9.73 Å². The molecule has 2 atom stereocenters. The maximum absolute atomic E-state index is 12.5. The highest BCUT2D eigenvalue weighted by molar-refractivity contribution is 5.97. The fourth-order valence-corrected chi connectivity index (χ4v) is 3.89. The maximum atomic E-state index is 12.5. The molecule has 0 radical (unpaired) electrons. The topological polar surface area (TPSA) is 45.5 Å². The Morgan fingerprint density at radius 3 is 2.86 bits per heavy atom. The van der Waals surface area contributed by atoms with Crippen molar-refractivity contribution in [1.82, 2.24) is 10.2 Å². The number of nitrogens with zero attached hydrogens (tertiary/aromatic N) is 1. The first-order valence-electron chi connectivity index (χ1n) is 7.74. The van der Waals surface area contributed by atoms with Gasteiger partial charge in [0.15, 0.2) is 0 Å². The van der Waals surface area contributed by atoms with E-state index in [9.17, 15) is 4.79 Å². The van der Waals surface area contributed by atoms with Crippen LogP contribution < -0.4 is 5.32 Å². The van der Waals surface area contributed by atoms with Crippen LogP contribution in [0.15, 0.2) is 34.9 Å². The molecule has 110 valence electrons. The number of fused-ring (bicyclic) bond motifs is 4. The molecule has 3 saturated heterocycles. The number of benzene rings is 1. The van der Waals surface area contributed by atoms with Crippen LogP contribution in [0.3, 0.4) is 0 Å². The molecule has 0 saturated carbocycles. The van der Waals surface area contributed by atoms with E-state index in [0.29, 0.717) is 17.5 Å². The van der Waals surface area contributed by atoms with E-state index in [1.807, 2.05) is 24.3 Å². The lowest BCUT2D eigenvalue weighted by Gasteiger charge is -2.49. The largest absolute Gasteiger partial charge is 0.464 e. The third-order valence-electron chi connectivity index (χ3n) is 5.19. The molecule has 4 heteroatoms. The molecule has 0 aliphatic carbocycles. The molecule has 0 spiro atoms. The average Bonchev–Trinajstić information content (AvgIpc) is 2.98. The van der Waals surface area contributed by atoms with Gasteiger partial charge in [0.05, 0.1) is 6.26 Å². The second-order valence-corrected chi connectivity index (χ2v) is 6.29. The minimum Gasteiger partial charge on any atom is -0.464 e. The number of carbonyl (C=O) groups excluding carboxylic acids is 1. The predicted molar refractivity (Wildman–Crippen MR) is 81.2 cm³/mol. The van der Waals surface area contributed by atoms with Crippen LogP contribution in [-0.4, -0.2) is 36.0 Å². The van der Waals surface area contributed by atoms with Gasteiger partial charge in [0.2, 0.25) is 0 Å². The number of rotatable bonds is 2. The summed E-state index contributed by atoms with van der Waals surface area (Å²) < 4.78 is 5.32. The molecule has 2 bridgehead atoms. The summed E-state index contributed by atoms with van der Waals surface area (Å²) in [4.78, 5) is 15.0. The molecule has 4 nitrogen and oxygen atoms in total. The standard InChI is InChI=1S/C17H20N2O2/c1-11-16(12-4-7-19(11)8-5-12)18-17(20)14-2-3-15-13(10-14)6-9-21-15/h2-3,6,9-12,16H,4-5,7-8H2,1H3,(H,18,20)/t11-,16-/m0/s1/i17+1. The molecular formula is C17H20N2O2. The van der Waals surface area contributed by atoms with Crippen LogP contribution in [0.4, 0.5) is 0 Å². The smallest absolute Gasteiger partial charge is 0.251 e. The Balaban J connectivity index is 1.54. The monoisotopic (exact) mass is 285 g/mol. The minimum atomic E-state index is 0.0312. The summed E-state index contributed by atoms with van der Waals surface area (Å²) in [5.74, 6) is 0.662. The molecule has 3 fully saturated rings. The third-order valence-corrected chi connectivity index (χ3v) is 5.19. The Hall–Kier alpha value is -1.81. The van der Waals surface area contributed by atoms with Crippen LogP contribution in [0.2, 0.25) is 0 Å². The molecule has 21 heavy (non-hydrogen) atoms. The quantitative estimate of drug-likeness (QED) is 0.863. The van der Waals surface area contributed by atoms with Crippen molar-refractivity contribution in [2.75, 3.05) is 13.1 Å². The molecule has 1 aromatic heterocycles. The van der Waals surface area contributed by atoms with E-state index in [0.717, 1.165) is 11.0 Å². The van der Waals surface area contributed by atoms with Crippen molar-refractivity contribution in [3.8, 4) is 0 Å². The number of amides is 1. The van der Waals surface area contributed by atoms with E-state index in [4.69, 9.17) is 4.42 Å². The van der Waals surface area contributed by atoms with Crippen LogP contribution in [0.1, 0.15) is 30.1 Å². The molecule has 1 N–H and O–H groups in total. The summed E-state index contributed by atoms with van der Waals surface area (Å²) in [7, 11) is 0. The second-order valence-electron chi connectivity index (χ2n) is 6.29. The zero-order valence-electron chi connectivity index (χ0n) is 12.2. The molecule has 5 rings (SSSR count). The molecule has 1 aromatic carbocycles. The average molecular weight is 285 g/mol. The number of hydrogen-bond acceptors (Lipinski definition) is 3. The molecule has 1 amide bonds. The fraction of sp³-hybridized carbons (Fsp3) is 0.471. The molecule has 3 aliphatic heterocycles. The van der Waals surface area contributed by atoms with Crippen molar-refractivity contribution in [3.05, 3.63) is 36.1 Å². The van der Waals surface area contributed by atoms with Gasteiger partial charge in [-0.3, -0.25) is 9.69 Å². The number of carbonyl (C=O) groups is 1. The van der Waals surface area contributed by atoms with E-state index >= 15 is 0 Å². The van der Waals surface area contributed by atoms with Gasteiger partial charge in [0.25, 0.3) is 5.91 Å². The lowest BCUT2D eigenvalue weighted by Crippen LogP contribution is -2.62. The summed E-state index contributed by atoms with van der Waals surface area (Å²) in [5, 5.41) is 4.24. The number of furan rings is 1. The molecule has 3 aliphatic rings. The van der Waals surface area contributed by atoms with Crippen LogP contribution in [0, 0.1) is 5.92 Å². The van der Waals surface area contributed by atoms with E-state index in [1.54, 1.807) is 6.26 Å². The Bertz CT molecular complexity index is 668. The molecule has 4 heterocycles. The lowest BCUT2D eigenvalue weighted by atomic mass is 9.79. The highest BCUT2D eigenvalue weighted by Crippen LogP contribution is 2.32. The van der Waals surface area contributed by atoms with Crippen molar-refractivity contribution in [3.63, 3.8) is 0 Å². The van der Waals surface area contributed by atoms with Crippen molar-refractivity contribution in [1.29, 1.82) is 0 Å². The number of nitrogens with one attached hydrogen (secondary N) is 1. The van der Waals surface area contributed by atoms with Gasteiger partial charge >= 0.3 is 0 Å². The first-order valence-corrected chi connectivity index (χ1v) is 7.74. The van der Waals surface area contributed by atoms with E-state index in [2.05, 4.69) is 17.1 Å². The van der Waals surface area contributed by atoms with E-state index in [1.165, 1.54) is 25.9 Å². The lowest BCUT2D eigenvalue weighted by molar-refractivity contribution is 0.0217. The SMILES string of the molecule is C[C@H]1[C@H](N[13C](=O)c2ccc3occc3c2)C2CCN1CC2. The van der Waals surface area contributed by atoms with E-state index in [-0.39, 0.29) is 11.9 Å². The summed E-state index contributed by atoms with van der Waals surface area (Å²) in [6.07, 6.45) is 4.06. The van der Waals surface area contributed by atoms with Crippen molar-refractivity contribution in [2.24, 2.45) is 5.92 Å². The Morgan fingerprint density at radius 2 is 2.10 bits per heavy atom. The van der Waals surface area contributed by atoms with Gasteiger partial charge in [-0.25, -0.2) is 0 Å². The zero-order valence-corrected chi connectivity index (χ0v) is 12.2. The van der Waals surface area contributed by atoms with Gasteiger partial charge in [-0.15, -0.1) is 0 Å². The molecule has 0 unspecified atom stereocenters. The van der Waals surface area contributed by atoms with Crippen LogP contribution in [0.5, 0.6) is 0 Å². The van der Waals surface area contributed by atoms with Gasteiger partial charge in [-0.2, -0.15) is 0 Å². The van der Waals surface area contributed by atoms with Crippen LogP contribution >= 0.6 is 0 Å². The Morgan fingerprint density at radius 1 is 1.29 bits per heavy atom. The van der Waals surface area contributed by atoms with E-state index < -0.39 is 0 Å². The zero-order chi connectivity index (χ0) is 14.4. The van der Waals surface area contributed by atoms with Crippen molar-refractivity contribution < 1.29 is 9.21 Å². The second kappa shape index (κ2) is 4.88. The Labute approximate surface area is 124 Å².